The highest BCUT2D eigenvalue weighted by Crippen LogP contribution is 2.23. The Kier molecular flexibility index (Phi) is 4.49. The van der Waals surface area contributed by atoms with Crippen molar-refractivity contribution in [2.24, 2.45) is 11.7 Å². The number of hydrogen-bond donors (Lipinski definition) is 1. The molecule has 1 fully saturated rings. The lowest BCUT2D eigenvalue weighted by Crippen LogP contribution is -2.31. The van der Waals surface area contributed by atoms with E-state index in [-0.39, 0.29) is 5.91 Å². The summed E-state index contributed by atoms with van der Waals surface area (Å²) < 4.78 is 0. The van der Waals surface area contributed by atoms with Crippen LogP contribution in [0.25, 0.3) is 0 Å². The Balaban J connectivity index is 2.01. The molecule has 1 aromatic carbocycles. The van der Waals surface area contributed by atoms with Crippen molar-refractivity contribution in [3.05, 3.63) is 33.8 Å². The minimum atomic E-state index is 0.0927. The van der Waals surface area contributed by atoms with E-state index in [1.807, 2.05) is 4.90 Å². The first-order valence-electron chi connectivity index (χ1n) is 6.02. The highest BCUT2D eigenvalue weighted by molar-refractivity contribution is 6.33. The van der Waals surface area contributed by atoms with Gasteiger partial charge in [0, 0.05) is 23.1 Å². The smallest absolute Gasteiger partial charge is 0.227 e. The number of hydrogen-bond acceptors (Lipinski definition) is 2. The zero-order valence-electron chi connectivity index (χ0n) is 10.0. The first-order valence-corrected chi connectivity index (χ1v) is 6.77. The summed E-state index contributed by atoms with van der Waals surface area (Å²) in [6, 6.07) is 5.19. The molecule has 1 heterocycles. The van der Waals surface area contributed by atoms with Gasteiger partial charge in [-0.15, -0.1) is 0 Å². The average Bonchev–Trinajstić information content (AvgIpc) is 2.82. The highest BCUT2D eigenvalue weighted by Gasteiger charge is 2.25. The normalized spacial score (nSPS) is 19.3. The number of likely N-dealkylation sites (tertiary alicyclic amines) is 1. The molecule has 0 saturated carbocycles. The second-order valence-electron chi connectivity index (χ2n) is 4.64. The number of carbonyl (C=O) groups excluding carboxylic acids is 1. The van der Waals surface area contributed by atoms with Crippen LogP contribution in [0.5, 0.6) is 0 Å². The van der Waals surface area contributed by atoms with Gasteiger partial charge in [0.25, 0.3) is 0 Å². The maximum atomic E-state index is 12.1. The molecule has 0 bridgehead atoms. The van der Waals surface area contributed by atoms with E-state index in [4.69, 9.17) is 28.9 Å². The lowest BCUT2D eigenvalue weighted by atomic mass is 10.1. The summed E-state index contributed by atoms with van der Waals surface area (Å²) in [4.78, 5) is 14.0. The number of nitrogens with zero attached hydrogens (tertiary/aromatic N) is 1. The van der Waals surface area contributed by atoms with Gasteiger partial charge < -0.3 is 10.6 Å². The number of halogens is 2. The first kappa shape index (κ1) is 13.7. The predicted molar refractivity (Wildman–Crippen MR) is 73.9 cm³/mol. The van der Waals surface area contributed by atoms with Crippen molar-refractivity contribution in [2.45, 2.75) is 12.8 Å². The van der Waals surface area contributed by atoms with Gasteiger partial charge in [0.15, 0.2) is 0 Å². The standard InChI is InChI=1S/C13H16Cl2N2O/c14-11-1-2-12(15)10(5-11)6-13(18)17-4-3-9(7-16)8-17/h1-2,5,9H,3-4,6-8,16H2/t9-/m1/s1. The third-order valence-corrected chi connectivity index (χ3v) is 3.93. The number of benzene rings is 1. The molecule has 18 heavy (non-hydrogen) atoms. The second kappa shape index (κ2) is 5.91. The molecule has 2 rings (SSSR count). The minimum Gasteiger partial charge on any atom is -0.342 e. The summed E-state index contributed by atoms with van der Waals surface area (Å²) in [6.07, 6.45) is 1.29. The molecule has 1 atom stereocenters. The van der Waals surface area contributed by atoms with E-state index in [2.05, 4.69) is 0 Å². The van der Waals surface area contributed by atoms with Crippen LogP contribution in [0, 0.1) is 5.92 Å². The number of rotatable bonds is 3. The van der Waals surface area contributed by atoms with E-state index in [9.17, 15) is 4.79 Å². The third-order valence-electron chi connectivity index (χ3n) is 3.32. The van der Waals surface area contributed by atoms with Gasteiger partial charge in [-0.25, -0.2) is 0 Å². The molecule has 98 valence electrons. The van der Waals surface area contributed by atoms with Crippen LogP contribution < -0.4 is 5.73 Å². The lowest BCUT2D eigenvalue weighted by Gasteiger charge is -2.16. The van der Waals surface area contributed by atoms with Crippen LogP contribution in [-0.4, -0.2) is 30.4 Å². The molecule has 1 aliphatic rings. The molecular formula is C13H16Cl2N2O. The van der Waals surface area contributed by atoms with Gasteiger partial charge >= 0.3 is 0 Å². The number of nitrogens with two attached hydrogens (primary N) is 1. The monoisotopic (exact) mass is 286 g/mol. The van der Waals surface area contributed by atoms with Crippen molar-refractivity contribution in [2.75, 3.05) is 19.6 Å². The number of amides is 1. The summed E-state index contributed by atoms with van der Waals surface area (Å²) >= 11 is 12.0. The van der Waals surface area contributed by atoms with Crippen molar-refractivity contribution in [1.82, 2.24) is 4.90 Å². The van der Waals surface area contributed by atoms with Crippen LogP contribution >= 0.6 is 23.2 Å². The number of carbonyl (C=O) groups is 1. The summed E-state index contributed by atoms with van der Waals surface area (Å²) in [7, 11) is 0. The molecule has 2 N–H and O–H groups in total. The molecule has 1 aliphatic heterocycles. The van der Waals surface area contributed by atoms with Crippen LogP contribution in [0.15, 0.2) is 18.2 Å². The van der Waals surface area contributed by atoms with E-state index in [0.29, 0.717) is 28.9 Å². The zero-order chi connectivity index (χ0) is 13.1. The Bertz CT molecular complexity index is 451. The Morgan fingerprint density at radius 1 is 1.44 bits per heavy atom. The Hall–Kier alpha value is -0.770. The molecule has 0 spiro atoms. The minimum absolute atomic E-state index is 0.0927. The van der Waals surface area contributed by atoms with Crippen molar-refractivity contribution < 1.29 is 4.79 Å². The molecule has 0 unspecified atom stereocenters. The molecule has 1 saturated heterocycles. The average molecular weight is 287 g/mol. The molecule has 5 heteroatoms. The molecule has 0 radical (unpaired) electrons. The van der Waals surface area contributed by atoms with E-state index in [1.54, 1.807) is 18.2 Å². The second-order valence-corrected chi connectivity index (χ2v) is 5.49. The Labute approximate surface area is 117 Å². The quantitative estimate of drug-likeness (QED) is 0.927. The van der Waals surface area contributed by atoms with Crippen molar-refractivity contribution in [3.8, 4) is 0 Å². The summed E-state index contributed by atoms with van der Waals surface area (Å²) in [5, 5.41) is 1.19. The molecule has 3 nitrogen and oxygen atoms in total. The van der Waals surface area contributed by atoms with Crippen LogP contribution in [0.1, 0.15) is 12.0 Å². The largest absolute Gasteiger partial charge is 0.342 e. The van der Waals surface area contributed by atoms with E-state index in [0.717, 1.165) is 25.1 Å². The van der Waals surface area contributed by atoms with Gasteiger partial charge in [0.2, 0.25) is 5.91 Å². The van der Waals surface area contributed by atoms with Gasteiger partial charge in [-0.2, -0.15) is 0 Å². The molecular weight excluding hydrogens is 271 g/mol. The highest BCUT2D eigenvalue weighted by atomic mass is 35.5. The molecule has 1 amide bonds. The maximum absolute atomic E-state index is 12.1. The van der Waals surface area contributed by atoms with E-state index in [1.165, 1.54) is 0 Å². The fourth-order valence-corrected chi connectivity index (χ4v) is 2.58. The topological polar surface area (TPSA) is 46.3 Å². The summed E-state index contributed by atoms with van der Waals surface area (Å²) in [6.45, 7) is 2.19. The Morgan fingerprint density at radius 2 is 2.22 bits per heavy atom. The van der Waals surface area contributed by atoms with Crippen LogP contribution in [-0.2, 0) is 11.2 Å². The van der Waals surface area contributed by atoms with E-state index >= 15 is 0 Å². The van der Waals surface area contributed by atoms with Gasteiger partial charge in [-0.05, 0) is 42.6 Å². The third kappa shape index (κ3) is 3.16. The van der Waals surface area contributed by atoms with Crippen molar-refractivity contribution >= 4 is 29.1 Å². The predicted octanol–water partition coefficient (Wildman–Crippen LogP) is 2.34. The van der Waals surface area contributed by atoms with Gasteiger partial charge in [0.1, 0.15) is 0 Å². The van der Waals surface area contributed by atoms with Crippen molar-refractivity contribution in [3.63, 3.8) is 0 Å². The molecule has 0 aliphatic carbocycles. The van der Waals surface area contributed by atoms with Crippen molar-refractivity contribution in [1.29, 1.82) is 0 Å². The lowest BCUT2D eigenvalue weighted by molar-refractivity contribution is -0.129. The van der Waals surface area contributed by atoms with Crippen LogP contribution in [0.4, 0.5) is 0 Å². The fraction of sp³-hybridized carbons (Fsp3) is 0.462. The first-order chi connectivity index (χ1) is 8.60. The van der Waals surface area contributed by atoms with Gasteiger partial charge in [-0.3, -0.25) is 4.79 Å². The SMILES string of the molecule is NC[C@H]1CCN(C(=O)Cc2cc(Cl)ccc2Cl)C1. The molecule has 1 aromatic rings. The zero-order valence-corrected chi connectivity index (χ0v) is 11.5. The summed E-state index contributed by atoms with van der Waals surface area (Å²) in [5.41, 5.74) is 6.40. The van der Waals surface area contributed by atoms with Crippen LogP contribution in [0.3, 0.4) is 0 Å². The maximum Gasteiger partial charge on any atom is 0.227 e. The Morgan fingerprint density at radius 3 is 2.89 bits per heavy atom. The van der Waals surface area contributed by atoms with E-state index < -0.39 is 0 Å². The summed E-state index contributed by atoms with van der Waals surface area (Å²) in [5.74, 6) is 0.527. The molecule has 0 aromatic heterocycles. The van der Waals surface area contributed by atoms with Crippen LogP contribution in [0.2, 0.25) is 10.0 Å². The van der Waals surface area contributed by atoms with Gasteiger partial charge in [0.05, 0.1) is 6.42 Å². The fourth-order valence-electron chi connectivity index (χ4n) is 2.21. The van der Waals surface area contributed by atoms with Gasteiger partial charge in [-0.1, -0.05) is 23.2 Å².